The van der Waals surface area contributed by atoms with Crippen molar-refractivity contribution in [2.75, 3.05) is 18.2 Å². The summed E-state index contributed by atoms with van der Waals surface area (Å²) in [4.78, 5) is 25.5. The zero-order valence-corrected chi connectivity index (χ0v) is 16.3. The lowest BCUT2D eigenvalue weighted by atomic mass is 10.2. The number of methoxy groups -OCH3 is 1. The molecule has 0 heterocycles. The number of thioether (sulfide) groups is 1. The van der Waals surface area contributed by atoms with Crippen LogP contribution < -0.4 is 10.1 Å². The van der Waals surface area contributed by atoms with Crippen LogP contribution in [0.25, 0.3) is 0 Å². The molecule has 2 aromatic rings. The maximum atomic E-state index is 12.4. The standard InChI is InChI=1S/C19H20ClNO4S/c1-4-26-17-8-6-5-7-14(17)19(23)25-12(2)18(22)21-13-9-10-16(24-3)15(20)11-13/h5-12H,4H2,1-3H3,(H,21,22)/t12-/m0/s1. The Morgan fingerprint density at radius 2 is 1.96 bits per heavy atom. The van der Waals surface area contributed by atoms with Crippen molar-refractivity contribution in [2.24, 2.45) is 0 Å². The van der Waals surface area contributed by atoms with Gasteiger partial charge in [0.05, 0.1) is 17.7 Å². The number of esters is 1. The fraction of sp³-hybridized carbons (Fsp3) is 0.263. The van der Waals surface area contributed by atoms with E-state index in [2.05, 4.69) is 5.32 Å². The number of amides is 1. The number of ether oxygens (including phenoxy) is 2. The van der Waals surface area contributed by atoms with Crippen molar-refractivity contribution < 1.29 is 19.1 Å². The summed E-state index contributed by atoms with van der Waals surface area (Å²) in [6.07, 6.45) is -0.956. The SMILES string of the molecule is CCSc1ccccc1C(=O)O[C@@H](C)C(=O)Nc1ccc(OC)c(Cl)c1. The first kappa shape index (κ1) is 20.1. The molecule has 0 saturated carbocycles. The number of rotatable bonds is 7. The van der Waals surface area contributed by atoms with Crippen molar-refractivity contribution in [1.29, 1.82) is 0 Å². The molecular formula is C19H20ClNO4S. The Bertz CT molecular complexity index is 797. The molecule has 1 N–H and O–H groups in total. The molecule has 0 fully saturated rings. The Morgan fingerprint density at radius 3 is 2.62 bits per heavy atom. The number of carbonyl (C=O) groups is 2. The number of anilines is 1. The lowest BCUT2D eigenvalue weighted by Gasteiger charge is -2.15. The van der Waals surface area contributed by atoms with E-state index in [-0.39, 0.29) is 0 Å². The maximum absolute atomic E-state index is 12.4. The van der Waals surface area contributed by atoms with E-state index in [9.17, 15) is 9.59 Å². The van der Waals surface area contributed by atoms with Crippen molar-refractivity contribution in [3.63, 3.8) is 0 Å². The number of hydrogen-bond donors (Lipinski definition) is 1. The number of benzene rings is 2. The Balaban J connectivity index is 2.02. The Hall–Kier alpha value is -2.18. The van der Waals surface area contributed by atoms with E-state index in [1.54, 1.807) is 42.1 Å². The first-order valence-corrected chi connectivity index (χ1v) is 9.39. The van der Waals surface area contributed by atoms with Crippen LogP contribution in [0.4, 0.5) is 5.69 Å². The summed E-state index contributed by atoms with van der Waals surface area (Å²) in [5, 5.41) is 3.04. The average Bonchev–Trinajstić information content (AvgIpc) is 2.62. The largest absolute Gasteiger partial charge is 0.495 e. The molecule has 0 aliphatic rings. The lowest BCUT2D eigenvalue weighted by Crippen LogP contribution is -2.30. The van der Waals surface area contributed by atoms with Crippen LogP contribution in [0.15, 0.2) is 47.4 Å². The minimum Gasteiger partial charge on any atom is -0.495 e. The van der Waals surface area contributed by atoms with Gasteiger partial charge in [0, 0.05) is 10.6 Å². The highest BCUT2D eigenvalue weighted by Crippen LogP contribution is 2.27. The maximum Gasteiger partial charge on any atom is 0.340 e. The summed E-state index contributed by atoms with van der Waals surface area (Å²) in [7, 11) is 1.51. The summed E-state index contributed by atoms with van der Waals surface area (Å²) in [5.74, 6) is 0.366. The van der Waals surface area contributed by atoms with E-state index in [1.807, 2.05) is 19.1 Å². The second-order valence-corrected chi connectivity index (χ2v) is 7.03. The van der Waals surface area contributed by atoms with Gasteiger partial charge in [-0.25, -0.2) is 4.79 Å². The zero-order valence-electron chi connectivity index (χ0n) is 14.7. The van der Waals surface area contributed by atoms with Crippen LogP contribution in [-0.2, 0) is 9.53 Å². The van der Waals surface area contributed by atoms with E-state index in [4.69, 9.17) is 21.1 Å². The van der Waals surface area contributed by atoms with Gasteiger partial charge in [-0.1, -0.05) is 30.7 Å². The van der Waals surface area contributed by atoms with Gasteiger partial charge in [0.25, 0.3) is 5.91 Å². The molecule has 0 aliphatic heterocycles. The normalized spacial score (nSPS) is 11.5. The number of halogens is 1. The minimum atomic E-state index is -0.956. The van der Waals surface area contributed by atoms with Gasteiger partial charge in [0.1, 0.15) is 5.75 Å². The van der Waals surface area contributed by atoms with Gasteiger partial charge in [-0.15, -0.1) is 11.8 Å². The van der Waals surface area contributed by atoms with Gasteiger partial charge in [-0.3, -0.25) is 4.79 Å². The van der Waals surface area contributed by atoms with E-state index in [0.717, 1.165) is 10.6 Å². The van der Waals surface area contributed by atoms with Crippen LogP contribution in [0.5, 0.6) is 5.75 Å². The van der Waals surface area contributed by atoms with Gasteiger partial charge in [-0.05, 0) is 43.0 Å². The van der Waals surface area contributed by atoms with Crippen LogP contribution in [0, 0.1) is 0 Å². The van der Waals surface area contributed by atoms with Crippen LogP contribution in [-0.4, -0.2) is 30.8 Å². The first-order valence-electron chi connectivity index (χ1n) is 8.03. The van der Waals surface area contributed by atoms with Crippen molar-refractivity contribution in [3.8, 4) is 5.75 Å². The van der Waals surface area contributed by atoms with Gasteiger partial charge in [0.2, 0.25) is 0 Å². The molecule has 1 atom stereocenters. The van der Waals surface area contributed by atoms with E-state index >= 15 is 0 Å². The molecule has 0 spiro atoms. The molecule has 2 rings (SSSR count). The second kappa shape index (κ2) is 9.50. The van der Waals surface area contributed by atoms with E-state index < -0.39 is 18.0 Å². The van der Waals surface area contributed by atoms with Crippen LogP contribution in [0.1, 0.15) is 24.2 Å². The molecule has 138 valence electrons. The highest BCUT2D eigenvalue weighted by molar-refractivity contribution is 7.99. The molecule has 2 aromatic carbocycles. The van der Waals surface area contributed by atoms with Crippen molar-refractivity contribution in [2.45, 2.75) is 24.8 Å². The van der Waals surface area contributed by atoms with Crippen LogP contribution in [0.2, 0.25) is 5.02 Å². The topological polar surface area (TPSA) is 64.6 Å². The van der Waals surface area contributed by atoms with Gasteiger partial charge >= 0.3 is 5.97 Å². The molecule has 1 amide bonds. The predicted molar refractivity (Wildman–Crippen MR) is 104 cm³/mol. The monoisotopic (exact) mass is 393 g/mol. The summed E-state index contributed by atoms with van der Waals surface area (Å²) in [6.45, 7) is 3.52. The van der Waals surface area contributed by atoms with Crippen LogP contribution in [0.3, 0.4) is 0 Å². The molecule has 0 aliphatic carbocycles. The van der Waals surface area contributed by atoms with E-state index in [0.29, 0.717) is 22.0 Å². The zero-order chi connectivity index (χ0) is 19.1. The highest BCUT2D eigenvalue weighted by Gasteiger charge is 2.21. The minimum absolute atomic E-state index is 0.375. The van der Waals surface area contributed by atoms with Gasteiger partial charge in [0.15, 0.2) is 6.10 Å². The Morgan fingerprint density at radius 1 is 1.23 bits per heavy atom. The average molecular weight is 394 g/mol. The quantitative estimate of drug-likeness (QED) is 0.548. The van der Waals surface area contributed by atoms with Crippen molar-refractivity contribution in [3.05, 3.63) is 53.1 Å². The summed E-state index contributed by atoms with van der Waals surface area (Å²) >= 11 is 7.59. The van der Waals surface area contributed by atoms with Gasteiger partial charge in [-0.2, -0.15) is 0 Å². The molecule has 5 nitrogen and oxygen atoms in total. The summed E-state index contributed by atoms with van der Waals surface area (Å²) in [5.41, 5.74) is 0.942. The predicted octanol–water partition coefficient (Wildman–Crippen LogP) is 4.64. The number of nitrogens with one attached hydrogen (secondary N) is 1. The van der Waals surface area contributed by atoms with Crippen LogP contribution >= 0.6 is 23.4 Å². The number of carbonyl (C=O) groups excluding carboxylic acids is 2. The molecule has 26 heavy (non-hydrogen) atoms. The molecule has 0 unspecified atom stereocenters. The molecule has 0 aromatic heterocycles. The lowest BCUT2D eigenvalue weighted by molar-refractivity contribution is -0.123. The van der Waals surface area contributed by atoms with Crippen molar-refractivity contribution >= 4 is 40.9 Å². The van der Waals surface area contributed by atoms with Gasteiger partial charge < -0.3 is 14.8 Å². The third kappa shape index (κ3) is 5.16. The fourth-order valence-electron chi connectivity index (χ4n) is 2.18. The smallest absolute Gasteiger partial charge is 0.340 e. The molecular weight excluding hydrogens is 374 g/mol. The molecule has 0 saturated heterocycles. The highest BCUT2D eigenvalue weighted by atomic mass is 35.5. The summed E-state index contributed by atoms with van der Waals surface area (Å²) in [6, 6.07) is 12.0. The number of hydrogen-bond acceptors (Lipinski definition) is 5. The first-order chi connectivity index (χ1) is 12.5. The molecule has 7 heteroatoms. The second-order valence-electron chi connectivity index (χ2n) is 5.32. The third-order valence-corrected chi connectivity index (χ3v) is 4.73. The fourth-order valence-corrected chi connectivity index (χ4v) is 3.23. The molecule has 0 radical (unpaired) electrons. The Labute approximate surface area is 162 Å². The third-order valence-electron chi connectivity index (χ3n) is 3.48. The Kier molecular flexibility index (Phi) is 7.36. The van der Waals surface area contributed by atoms with Crippen molar-refractivity contribution in [1.82, 2.24) is 0 Å². The molecule has 0 bridgehead atoms. The summed E-state index contributed by atoms with van der Waals surface area (Å²) < 4.78 is 10.4. The van der Waals surface area contributed by atoms with E-state index in [1.165, 1.54) is 14.0 Å².